The molecule has 0 N–H and O–H groups in total. The van der Waals surface area contributed by atoms with Crippen molar-refractivity contribution in [1.29, 1.82) is 0 Å². The van der Waals surface area contributed by atoms with Gasteiger partial charge in [0, 0.05) is 12.7 Å². The second kappa shape index (κ2) is 8.59. The molecule has 0 saturated carbocycles. The van der Waals surface area contributed by atoms with Gasteiger partial charge >= 0.3 is 0 Å². The largest absolute Gasteiger partial charge is 0.283 e. The van der Waals surface area contributed by atoms with Gasteiger partial charge in [-0.05, 0) is 35.8 Å². The van der Waals surface area contributed by atoms with Crippen LogP contribution in [0, 0.1) is 0 Å². The quantitative estimate of drug-likeness (QED) is 0.727. The van der Waals surface area contributed by atoms with E-state index in [0.717, 1.165) is 24.4 Å². The lowest BCUT2D eigenvalue weighted by Gasteiger charge is -2.04. The van der Waals surface area contributed by atoms with Crippen molar-refractivity contribution >= 4 is 11.8 Å². The van der Waals surface area contributed by atoms with Gasteiger partial charge in [-0.2, -0.15) is 0 Å². The average Bonchev–Trinajstić information content (AvgIpc) is 2.62. The number of hydrogen-bond donors (Lipinski definition) is 0. The molecule has 2 aromatic rings. The van der Waals surface area contributed by atoms with Crippen molar-refractivity contribution in [3.05, 3.63) is 108 Å². The molecule has 0 amide bonds. The number of benzene rings is 1. The van der Waals surface area contributed by atoms with E-state index in [-0.39, 0.29) is 0 Å². The summed E-state index contributed by atoms with van der Waals surface area (Å²) in [6.07, 6.45) is 17.4. The van der Waals surface area contributed by atoms with E-state index in [9.17, 15) is 0 Å². The van der Waals surface area contributed by atoms with E-state index in [1.54, 1.807) is 6.20 Å². The summed E-state index contributed by atoms with van der Waals surface area (Å²) in [4.78, 5) is 8.99. The van der Waals surface area contributed by atoms with Crippen LogP contribution in [0.4, 0.5) is 0 Å². The zero-order chi connectivity index (χ0) is 16.5. The van der Waals surface area contributed by atoms with Crippen LogP contribution in [-0.2, 0) is 0 Å². The van der Waals surface area contributed by atoms with Crippen molar-refractivity contribution in [1.82, 2.24) is 4.98 Å². The molecule has 1 aromatic heterocycles. The lowest BCUT2D eigenvalue weighted by atomic mass is 10.1. The molecular weight excluding hydrogens is 292 g/mol. The number of rotatable bonds is 4. The summed E-state index contributed by atoms with van der Waals surface area (Å²) in [6.45, 7) is 0.785. The Balaban J connectivity index is 1.67. The Kier molecular flexibility index (Phi) is 5.68. The smallest absolute Gasteiger partial charge is 0.0881 e. The number of aromatic nitrogens is 1. The molecule has 1 aliphatic heterocycles. The van der Waals surface area contributed by atoms with Gasteiger partial charge < -0.3 is 0 Å². The highest BCUT2D eigenvalue weighted by Gasteiger charge is 2.02. The first-order valence-corrected chi connectivity index (χ1v) is 8.16. The van der Waals surface area contributed by atoms with Crippen LogP contribution in [-0.4, -0.2) is 17.2 Å². The van der Waals surface area contributed by atoms with Crippen LogP contribution in [0.5, 0.6) is 0 Å². The number of allylic oxidation sites excluding steroid dienone is 6. The summed E-state index contributed by atoms with van der Waals surface area (Å²) in [6, 6.07) is 16.2. The van der Waals surface area contributed by atoms with Gasteiger partial charge in [0.1, 0.15) is 0 Å². The zero-order valence-corrected chi connectivity index (χ0v) is 13.5. The third kappa shape index (κ3) is 4.75. The van der Waals surface area contributed by atoms with E-state index in [1.165, 1.54) is 11.1 Å². The second-order valence-electron chi connectivity index (χ2n) is 5.44. The molecule has 3 rings (SSSR count). The van der Waals surface area contributed by atoms with Gasteiger partial charge in [0.25, 0.3) is 0 Å². The van der Waals surface area contributed by atoms with Gasteiger partial charge in [0.2, 0.25) is 0 Å². The molecule has 1 aliphatic rings. The predicted octanol–water partition coefficient (Wildman–Crippen LogP) is 5.03. The van der Waals surface area contributed by atoms with Crippen LogP contribution in [0.2, 0.25) is 0 Å². The minimum Gasteiger partial charge on any atom is -0.283 e. The van der Waals surface area contributed by atoms with Gasteiger partial charge in [-0.25, -0.2) is 0 Å². The lowest BCUT2D eigenvalue weighted by Crippen LogP contribution is -2.02. The molecule has 0 atom stereocenters. The molecule has 118 valence electrons. The Morgan fingerprint density at radius 1 is 0.833 bits per heavy atom. The molecule has 2 nitrogen and oxygen atoms in total. The van der Waals surface area contributed by atoms with Crippen LogP contribution >= 0.6 is 0 Å². The average molecular weight is 312 g/mol. The van der Waals surface area contributed by atoms with Crippen molar-refractivity contribution in [3.8, 4) is 0 Å². The van der Waals surface area contributed by atoms with E-state index in [2.05, 4.69) is 58.6 Å². The lowest BCUT2D eigenvalue weighted by molar-refractivity contribution is 0.998. The predicted molar refractivity (Wildman–Crippen MR) is 102 cm³/mol. The van der Waals surface area contributed by atoms with E-state index in [0.29, 0.717) is 0 Å². The minimum atomic E-state index is 0.785. The minimum absolute atomic E-state index is 0.785. The number of hydrogen-bond acceptors (Lipinski definition) is 2. The standard InChI is InChI=1S/C22H20N2/c1-2-9-19(10-3-1)11-4-5-12-20-13-8-18-24-22(16-15-20)21-14-6-7-17-23-21/h1-7,9-17H,8,18H2/b11-4+,12-5+,16-15-,20-13-,24-22?. The van der Waals surface area contributed by atoms with Gasteiger partial charge in [-0.3, -0.25) is 9.98 Å². The molecule has 0 aliphatic carbocycles. The maximum absolute atomic E-state index is 4.61. The van der Waals surface area contributed by atoms with Gasteiger partial charge in [-0.15, -0.1) is 0 Å². The highest BCUT2D eigenvalue weighted by atomic mass is 14.8. The van der Waals surface area contributed by atoms with Gasteiger partial charge in [0.05, 0.1) is 11.4 Å². The third-order valence-corrected chi connectivity index (χ3v) is 3.64. The van der Waals surface area contributed by atoms with E-state index >= 15 is 0 Å². The molecule has 0 unspecified atom stereocenters. The monoisotopic (exact) mass is 312 g/mol. The van der Waals surface area contributed by atoms with Gasteiger partial charge in [0.15, 0.2) is 0 Å². The van der Waals surface area contributed by atoms with E-state index < -0.39 is 0 Å². The number of aliphatic imine (C=N–C) groups is 1. The molecule has 0 spiro atoms. The molecule has 0 fully saturated rings. The molecule has 2 heterocycles. The fraction of sp³-hybridized carbons (Fsp3) is 0.0909. The summed E-state index contributed by atoms with van der Waals surface area (Å²) in [5, 5.41) is 0. The first-order chi connectivity index (χ1) is 11.9. The molecule has 1 aromatic carbocycles. The summed E-state index contributed by atoms with van der Waals surface area (Å²) in [7, 11) is 0. The van der Waals surface area contributed by atoms with Crippen LogP contribution in [0.1, 0.15) is 17.7 Å². The Morgan fingerprint density at radius 2 is 1.67 bits per heavy atom. The van der Waals surface area contributed by atoms with Crippen LogP contribution < -0.4 is 0 Å². The first kappa shape index (κ1) is 15.9. The van der Waals surface area contributed by atoms with Crippen LogP contribution in [0.15, 0.2) is 102 Å². The van der Waals surface area contributed by atoms with E-state index in [1.807, 2.05) is 42.5 Å². The summed E-state index contributed by atoms with van der Waals surface area (Å²) in [5.74, 6) is 0. The number of nitrogens with zero attached hydrogens (tertiary/aromatic N) is 2. The molecule has 2 heteroatoms. The fourth-order valence-corrected chi connectivity index (χ4v) is 2.41. The van der Waals surface area contributed by atoms with Crippen LogP contribution in [0.25, 0.3) is 6.08 Å². The zero-order valence-electron chi connectivity index (χ0n) is 13.5. The summed E-state index contributed by atoms with van der Waals surface area (Å²) >= 11 is 0. The molecule has 0 radical (unpaired) electrons. The maximum Gasteiger partial charge on any atom is 0.0881 e. The van der Waals surface area contributed by atoms with Crippen molar-refractivity contribution in [2.75, 3.05) is 6.54 Å². The topological polar surface area (TPSA) is 25.2 Å². The Labute approximate surface area is 143 Å². The van der Waals surface area contributed by atoms with E-state index in [4.69, 9.17) is 0 Å². The fourth-order valence-electron chi connectivity index (χ4n) is 2.41. The van der Waals surface area contributed by atoms with Crippen molar-refractivity contribution in [2.45, 2.75) is 6.42 Å². The highest BCUT2D eigenvalue weighted by molar-refractivity contribution is 6.07. The normalized spacial score (nSPS) is 18.7. The maximum atomic E-state index is 4.61. The van der Waals surface area contributed by atoms with Crippen LogP contribution in [0.3, 0.4) is 0 Å². The summed E-state index contributed by atoms with van der Waals surface area (Å²) in [5.41, 5.74) is 4.25. The highest BCUT2D eigenvalue weighted by Crippen LogP contribution is 2.09. The van der Waals surface area contributed by atoms with Crippen molar-refractivity contribution in [3.63, 3.8) is 0 Å². The Bertz CT molecular complexity index is 794. The first-order valence-electron chi connectivity index (χ1n) is 8.16. The SMILES string of the molecule is C1=C/C(/C=C/C=C/c2ccccc2)=C\CCN=C\1c1ccccn1. The van der Waals surface area contributed by atoms with Crippen molar-refractivity contribution < 1.29 is 0 Å². The number of pyridine rings is 1. The Morgan fingerprint density at radius 3 is 2.50 bits per heavy atom. The Hall–Kier alpha value is -3.00. The molecule has 0 bridgehead atoms. The van der Waals surface area contributed by atoms with Crippen molar-refractivity contribution in [2.24, 2.45) is 4.99 Å². The summed E-state index contributed by atoms with van der Waals surface area (Å²) < 4.78 is 0. The van der Waals surface area contributed by atoms with Gasteiger partial charge in [-0.1, -0.05) is 72.9 Å². The molecular formula is C22H20N2. The molecule has 0 saturated heterocycles. The second-order valence-corrected chi connectivity index (χ2v) is 5.44. The molecule has 24 heavy (non-hydrogen) atoms. The third-order valence-electron chi connectivity index (χ3n) is 3.64.